The minimum atomic E-state index is 0.748. The minimum absolute atomic E-state index is 0.748. The van der Waals surface area contributed by atoms with Crippen molar-refractivity contribution in [1.29, 1.82) is 0 Å². The van der Waals surface area contributed by atoms with E-state index in [4.69, 9.17) is 4.74 Å². The molecule has 0 aliphatic carbocycles. The summed E-state index contributed by atoms with van der Waals surface area (Å²) in [6, 6.07) is 0.748. The Morgan fingerprint density at radius 3 is 2.77 bits per heavy atom. The van der Waals surface area contributed by atoms with Crippen molar-refractivity contribution in [2.45, 2.75) is 19.4 Å². The van der Waals surface area contributed by atoms with Crippen LogP contribution in [-0.4, -0.2) is 50.3 Å². The van der Waals surface area contributed by atoms with E-state index in [1.807, 2.05) is 0 Å². The Bertz CT molecular complexity index is 157. The molecule has 0 aromatic heterocycles. The molecule has 76 valence electrons. The van der Waals surface area contributed by atoms with Gasteiger partial charge in [-0.15, -0.1) is 0 Å². The summed E-state index contributed by atoms with van der Waals surface area (Å²) in [6.45, 7) is 8.82. The van der Waals surface area contributed by atoms with Gasteiger partial charge in [0, 0.05) is 25.7 Å². The molecule has 2 aliphatic rings. The standard InChI is InChI=1S/C10H20N2O/c1-9-2-3-11-8-10(9)12-4-6-13-7-5-12/h9-11H,2-8H2,1H3. The van der Waals surface area contributed by atoms with Crippen LogP contribution in [-0.2, 0) is 4.74 Å². The fourth-order valence-corrected chi connectivity index (χ4v) is 2.37. The van der Waals surface area contributed by atoms with E-state index in [0.717, 1.165) is 38.3 Å². The first-order valence-electron chi connectivity index (χ1n) is 5.40. The van der Waals surface area contributed by atoms with Crippen molar-refractivity contribution >= 4 is 0 Å². The average Bonchev–Trinajstić information content (AvgIpc) is 2.20. The molecule has 3 heteroatoms. The summed E-state index contributed by atoms with van der Waals surface area (Å²) < 4.78 is 5.36. The number of nitrogens with zero attached hydrogens (tertiary/aromatic N) is 1. The Balaban J connectivity index is 1.88. The molecule has 0 radical (unpaired) electrons. The van der Waals surface area contributed by atoms with Crippen molar-refractivity contribution in [3.05, 3.63) is 0 Å². The van der Waals surface area contributed by atoms with Crippen molar-refractivity contribution in [3.8, 4) is 0 Å². The lowest BCUT2D eigenvalue weighted by Gasteiger charge is -2.40. The van der Waals surface area contributed by atoms with E-state index in [-0.39, 0.29) is 0 Å². The van der Waals surface area contributed by atoms with Crippen molar-refractivity contribution in [3.63, 3.8) is 0 Å². The summed E-state index contributed by atoms with van der Waals surface area (Å²) in [7, 11) is 0. The highest BCUT2D eigenvalue weighted by atomic mass is 16.5. The molecule has 2 heterocycles. The van der Waals surface area contributed by atoms with Crippen LogP contribution in [0.25, 0.3) is 0 Å². The number of hydrogen-bond donors (Lipinski definition) is 1. The molecule has 1 N–H and O–H groups in total. The van der Waals surface area contributed by atoms with Crippen LogP contribution in [0.15, 0.2) is 0 Å². The maximum atomic E-state index is 5.36. The molecule has 0 amide bonds. The molecule has 0 spiro atoms. The van der Waals surface area contributed by atoms with E-state index in [2.05, 4.69) is 17.1 Å². The van der Waals surface area contributed by atoms with Crippen LogP contribution >= 0.6 is 0 Å². The zero-order valence-electron chi connectivity index (χ0n) is 8.46. The number of rotatable bonds is 1. The van der Waals surface area contributed by atoms with Gasteiger partial charge in [-0.2, -0.15) is 0 Å². The van der Waals surface area contributed by atoms with E-state index >= 15 is 0 Å². The Morgan fingerprint density at radius 2 is 2.08 bits per heavy atom. The highest BCUT2D eigenvalue weighted by molar-refractivity contribution is 4.84. The number of ether oxygens (including phenoxy) is 1. The minimum Gasteiger partial charge on any atom is -0.379 e. The van der Waals surface area contributed by atoms with Crippen molar-refractivity contribution in [2.75, 3.05) is 39.4 Å². The number of hydrogen-bond acceptors (Lipinski definition) is 3. The van der Waals surface area contributed by atoms with Gasteiger partial charge in [-0.3, -0.25) is 4.90 Å². The number of morpholine rings is 1. The van der Waals surface area contributed by atoms with Crippen LogP contribution in [0.4, 0.5) is 0 Å². The molecule has 2 unspecified atom stereocenters. The van der Waals surface area contributed by atoms with Gasteiger partial charge in [0.1, 0.15) is 0 Å². The fraction of sp³-hybridized carbons (Fsp3) is 1.00. The third-order valence-corrected chi connectivity index (χ3v) is 3.30. The van der Waals surface area contributed by atoms with Gasteiger partial charge in [0.2, 0.25) is 0 Å². The molecule has 2 atom stereocenters. The Kier molecular flexibility index (Phi) is 3.19. The molecule has 0 saturated carbocycles. The van der Waals surface area contributed by atoms with Crippen molar-refractivity contribution in [2.24, 2.45) is 5.92 Å². The largest absolute Gasteiger partial charge is 0.379 e. The maximum absolute atomic E-state index is 5.36. The van der Waals surface area contributed by atoms with E-state index < -0.39 is 0 Å². The van der Waals surface area contributed by atoms with Crippen molar-refractivity contribution < 1.29 is 4.74 Å². The van der Waals surface area contributed by atoms with Gasteiger partial charge < -0.3 is 10.1 Å². The van der Waals surface area contributed by atoms with Crippen LogP contribution in [0.2, 0.25) is 0 Å². The zero-order chi connectivity index (χ0) is 9.10. The van der Waals surface area contributed by atoms with E-state index in [9.17, 15) is 0 Å². The van der Waals surface area contributed by atoms with Crippen LogP contribution in [0.1, 0.15) is 13.3 Å². The SMILES string of the molecule is CC1CCNCC1N1CCOCC1. The molecule has 0 aromatic rings. The zero-order valence-corrected chi connectivity index (χ0v) is 8.46. The molecule has 13 heavy (non-hydrogen) atoms. The van der Waals surface area contributed by atoms with Gasteiger partial charge in [0.15, 0.2) is 0 Å². The first kappa shape index (κ1) is 9.44. The summed E-state index contributed by atoms with van der Waals surface area (Å²) in [4.78, 5) is 2.58. The second-order valence-electron chi connectivity index (χ2n) is 4.19. The van der Waals surface area contributed by atoms with Crippen LogP contribution in [0.5, 0.6) is 0 Å². The Morgan fingerprint density at radius 1 is 1.31 bits per heavy atom. The third-order valence-electron chi connectivity index (χ3n) is 3.30. The van der Waals surface area contributed by atoms with E-state index in [1.54, 1.807) is 0 Å². The molecule has 2 saturated heterocycles. The summed E-state index contributed by atoms with van der Waals surface area (Å²) >= 11 is 0. The maximum Gasteiger partial charge on any atom is 0.0594 e. The quantitative estimate of drug-likeness (QED) is 0.635. The predicted octanol–water partition coefficient (Wildman–Crippen LogP) is 0.317. The van der Waals surface area contributed by atoms with Gasteiger partial charge >= 0.3 is 0 Å². The monoisotopic (exact) mass is 184 g/mol. The van der Waals surface area contributed by atoms with Crippen LogP contribution in [0, 0.1) is 5.92 Å². The first-order valence-corrected chi connectivity index (χ1v) is 5.40. The molecular formula is C10H20N2O. The van der Waals surface area contributed by atoms with Gasteiger partial charge in [-0.25, -0.2) is 0 Å². The first-order chi connectivity index (χ1) is 6.38. The lowest BCUT2D eigenvalue weighted by molar-refractivity contribution is -0.000690. The van der Waals surface area contributed by atoms with Gasteiger partial charge in [0.25, 0.3) is 0 Å². The lowest BCUT2D eigenvalue weighted by atomic mass is 9.93. The van der Waals surface area contributed by atoms with Crippen molar-refractivity contribution in [1.82, 2.24) is 10.2 Å². The second-order valence-corrected chi connectivity index (χ2v) is 4.19. The molecule has 2 fully saturated rings. The number of nitrogens with one attached hydrogen (secondary N) is 1. The average molecular weight is 184 g/mol. The van der Waals surface area contributed by atoms with Gasteiger partial charge in [-0.1, -0.05) is 6.92 Å². The summed E-state index contributed by atoms with van der Waals surface area (Å²) in [5.74, 6) is 0.847. The smallest absolute Gasteiger partial charge is 0.0594 e. The molecule has 2 rings (SSSR count). The summed E-state index contributed by atoms with van der Waals surface area (Å²) in [6.07, 6.45) is 1.32. The predicted molar refractivity (Wildman–Crippen MR) is 52.8 cm³/mol. The number of piperidine rings is 1. The van der Waals surface area contributed by atoms with Gasteiger partial charge in [-0.05, 0) is 18.9 Å². The molecular weight excluding hydrogens is 164 g/mol. The molecule has 3 nitrogen and oxygen atoms in total. The fourth-order valence-electron chi connectivity index (χ4n) is 2.37. The lowest BCUT2D eigenvalue weighted by Crippen LogP contribution is -2.53. The Labute approximate surface area is 80.4 Å². The summed E-state index contributed by atoms with van der Waals surface area (Å²) in [5.41, 5.74) is 0. The molecule has 0 aromatic carbocycles. The highest BCUT2D eigenvalue weighted by Gasteiger charge is 2.27. The third kappa shape index (κ3) is 2.22. The normalized spacial score (nSPS) is 37.6. The topological polar surface area (TPSA) is 24.5 Å². The Hall–Kier alpha value is -0.120. The summed E-state index contributed by atoms with van der Waals surface area (Å²) in [5, 5.41) is 3.48. The molecule has 0 bridgehead atoms. The van der Waals surface area contributed by atoms with Crippen LogP contribution < -0.4 is 5.32 Å². The molecule has 2 aliphatic heterocycles. The second kappa shape index (κ2) is 4.40. The van der Waals surface area contributed by atoms with Crippen LogP contribution in [0.3, 0.4) is 0 Å². The van der Waals surface area contributed by atoms with E-state index in [0.29, 0.717) is 0 Å². The van der Waals surface area contributed by atoms with E-state index in [1.165, 1.54) is 19.5 Å². The van der Waals surface area contributed by atoms with Gasteiger partial charge in [0.05, 0.1) is 13.2 Å². The highest BCUT2D eigenvalue weighted by Crippen LogP contribution is 2.18.